The first-order valence-electron chi connectivity index (χ1n) is 13.3. The molecular formula is C27H36O9. The number of hydrogen-bond acceptors (Lipinski definition) is 9. The first-order valence-corrected chi connectivity index (χ1v) is 13.3. The van der Waals surface area contributed by atoms with Crippen molar-refractivity contribution < 1.29 is 44.1 Å². The highest BCUT2D eigenvalue weighted by molar-refractivity contribution is 5.38. The van der Waals surface area contributed by atoms with E-state index in [4.69, 9.17) is 24.0 Å². The smallest absolute Gasteiger partial charge is 0.295 e. The molecule has 1 aromatic rings. The van der Waals surface area contributed by atoms with Crippen LogP contribution in [-0.4, -0.2) is 58.3 Å². The van der Waals surface area contributed by atoms with Gasteiger partial charge in [0.1, 0.15) is 29.7 Å². The number of aliphatic hydroxyl groups excluding tert-OH is 3. The van der Waals surface area contributed by atoms with Crippen molar-refractivity contribution >= 4 is 6.47 Å². The number of fused-ring (bicyclic) bond motifs is 2. The predicted octanol–water partition coefficient (Wildman–Crippen LogP) is 2.55. The molecule has 36 heavy (non-hydrogen) atoms. The average molecular weight is 505 g/mol. The average Bonchev–Trinajstić information content (AvgIpc) is 2.89. The highest BCUT2D eigenvalue weighted by Crippen LogP contribution is 2.67. The highest BCUT2D eigenvalue weighted by Gasteiger charge is 2.73. The zero-order valence-corrected chi connectivity index (χ0v) is 20.5. The maximum absolute atomic E-state index is 10.8. The van der Waals surface area contributed by atoms with Crippen LogP contribution in [0.2, 0.25) is 0 Å². The summed E-state index contributed by atoms with van der Waals surface area (Å²) < 4.78 is 16.0. The molecule has 2 bridgehead atoms. The van der Waals surface area contributed by atoms with Gasteiger partial charge in [0.15, 0.2) is 5.60 Å². The Labute approximate surface area is 210 Å². The summed E-state index contributed by atoms with van der Waals surface area (Å²) in [7, 11) is 0. The van der Waals surface area contributed by atoms with E-state index < -0.39 is 36.5 Å². The Balaban J connectivity index is 1.27. The monoisotopic (exact) mass is 504 g/mol. The highest BCUT2D eigenvalue weighted by atomic mass is 17.3. The number of carbonyl (C=O) groups excluding carboxylic acids is 1. The molecule has 11 atom stereocenters. The van der Waals surface area contributed by atoms with Crippen molar-refractivity contribution in [1.29, 1.82) is 0 Å². The summed E-state index contributed by atoms with van der Waals surface area (Å²) in [5, 5.41) is 30.6. The van der Waals surface area contributed by atoms with E-state index in [-0.39, 0.29) is 12.1 Å². The van der Waals surface area contributed by atoms with Gasteiger partial charge < -0.3 is 24.8 Å². The maximum atomic E-state index is 10.8. The van der Waals surface area contributed by atoms with Gasteiger partial charge in [-0.1, -0.05) is 37.8 Å². The zero-order valence-electron chi connectivity index (χ0n) is 20.5. The summed E-state index contributed by atoms with van der Waals surface area (Å²) in [6, 6.07) is 7.44. The first kappa shape index (κ1) is 24.6. The third-order valence-corrected chi connectivity index (χ3v) is 9.74. The van der Waals surface area contributed by atoms with E-state index in [2.05, 4.69) is 6.92 Å². The molecule has 9 nitrogen and oxygen atoms in total. The number of benzene rings is 1. The molecule has 5 aliphatic rings. The molecule has 3 aliphatic carbocycles. The SMILES string of the molecule is CC1(c2cccc(O[C@@H]3OC(OC=O)C(O)C(O)C3O)c2)OOC12C1CCCC2C2CCCCC2C1. The van der Waals surface area contributed by atoms with Gasteiger partial charge in [0.2, 0.25) is 12.6 Å². The number of aliphatic hydroxyl groups is 3. The van der Waals surface area contributed by atoms with Gasteiger partial charge in [0, 0.05) is 0 Å². The van der Waals surface area contributed by atoms with Crippen molar-refractivity contribution in [3.05, 3.63) is 29.8 Å². The van der Waals surface area contributed by atoms with Crippen LogP contribution in [0.3, 0.4) is 0 Å². The Morgan fingerprint density at radius 2 is 1.78 bits per heavy atom. The van der Waals surface area contributed by atoms with Crippen molar-refractivity contribution in [3.8, 4) is 5.75 Å². The van der Waals surface area contributed by atoms with E-state index in [1.165, 1.54) is 38.5 Å². The Kier molecular flexibility index (Phi) is 6.29. The van der Waals surface area contributed by atoms with Gasteiger partial charge >= 0.3 is 0 Å². The Hall–Kier alpha value is -1.75. The molecule has 3 saturated carbocycles. The Morgan fingerprint density at radius 3 is 2.56 bits per heavy atom. The topological polar surface area (TPSA) is 124 Å². The van der Waals surface area contributed by atoms with E-state index in [1.807, 2.05) is 18.2 Å². The van der Waals surface area contributed by atoms with E-state index in [0.29, 0.717) is 23.5 Å². The van der Waals surface area contributed by atoms with Crippen LogP contribution in [0.15, 0.2) is 24.3 Å². The Bertz CT molecular complexity index is 972. The zero-order chi connectivity index (χ0) is 25.1. The second-order valence-corrected chi connectivity index (χ2v) is 11.4. The fourth-order valence-electron chi connectivity index (χ4n) is 8.06. The number of carbonyl (C=O) groups is 1. The maximum Gasteiger partial charge on any atom is 0.295 e. The van der Waals surface area contributed by atoms with E-state index >= 15 is 0 Å². The van der Waals surface area contributed by atoms with Crippen LogP contribution < -0.4 is 4.74 Å². The summed E-state index contributed by atoms with van der Waals surface area (Å²) in [6.45, 7) is 2.23. The van der Waals surface area contributed by atoms with Crippen LogP contribution in [0, 0.1) is 23.7 Å². The Morgan fingerprint density at radius 1 is 0.972 bits per heavy atom. The first-order chi connectivity index (χ1) is 17.4. The summed E-state index contributed by atoms with van der Waals surface area (Å²) in [4.78, 5) is 23.0. The summed E-state index contributed by atoms with van der Waals surface area (Å²) in [5.74, 6) is 2.76. The number of hydrogen-bond donors (Lipinski definition) is 3. The quantitative estimate of drug-likeness (QED) is 0.410. The van der Waals surface area contributed by atoms with Crippen LogP contribution in [0.25, 0.3) is 0 Å². The molecule has 1 aromatic carbocycles. The second kappa shape index (κ2) is 9.22. The van der Waals surface area contributed by atoms with Gasteiger partial charge in [-0.15, -0.1) is 0 Å². The molecular weight excluding hydrogens is 468 g/mol. The summed E-state index contributed by atoms with van der Waals surface area (Å²) >= 11 is 0. The summed E-state index contributed by atoms with van der Waals surface area (Å²) in [6.07, 6.45) is 2.41. The molecule has 2 saturated heterocycles. The minimum atomic E-state index is -1.61. The molecule has 10 unspecified atom stereocenters. The second-order valence-electron chi connectivity index (χ2n) is 11.4. The van der Waals surface area contributed by atoms with Gasteiger partial charge in [-0.3, -0.25) is 9.53 Å². The van der Waals surface area contributed by atoms with Crippen molar-refractivity contribution in [3.63, 3.8) is 0 Å². The molecule has 5 fully saturated rings. The minimum Gasteiger partial charge on any atom is -0.462 e. The van der Waals surface area contributed by atoms with Crippen LogP contribution in [0.5, 0.6) is 5.75 Å². The number of rotatable bonds is 5. The van der Waals surface area contributed by atoms with E-state index in [0.717, 1.165) is 24.3 Å². The van der Waals surface area contributed by atoms with Gasteiger partial charge in [-0.05, 0) is 74.0 Å². The molecule has 0 radical (unpaired) electrons. The van der Waals surface area contributed by atoms with Crippen molar-refractivity contribution in [2.45, 2.75) is 100 Å². The lowest BCUT2D eigenvalue weighted by atomic mass is 9.46. The molecule has 6 rings (SSSR count). The lowest BCUT2D eigenvalue weighted by molar-refractivity contribution is -0.590. The lowest BCUT2D eigenvalue weighted by Gasteiger charge is -2.68. The standard InChI is InChI=1S/C27H36O9/c1-26(27(36-35-26)17-8-5-11-20(27)19-10-3-2-6-15(19)12-17)16-7-4-9-18(13-16)33-25-23(31)21(29)22(30)24(34-25)32-14-28/h4,7,9,13-15,17,19-25,29-31H,2-3,5-6,8,10-12H2,1H3/t15?,17?,19?,20?,21?,22?,23?,24?,25-,26?,27?/m1/s1. The molecule has 0 aromatic heterocycles. The lowest BCUT2D eigenvalue weighted by Crippen LogP contribution is -2.74. The molecule has 9 heteroatoms. The van der Waals surface area contributed by atoms with Crippen molar-refractivity contribution in [1.82, 2.24) is 0 Å². The molecule has 2 aliphatic heterocycles. The van der Waals surface area contributed by atoms with E-state index in [9.17, 15) is 20.1 Å². The van der Waals surface area contributed by atoms with Crippen molar-refractivity contribution in [2.75, 3.05) is 0 Å². The third kappa shape index (κ3) is 3.55. The number of ether oxygens (including phenoxy) is 3. The van der Waals surface area contributed by atoms with Crippen molar-refractivity contribution in [2.24, 2.45) is 23.7 Å². The molecule has 1 spiro atoms. The van der Waals surface area contributed by atoms with Gasteiger partial charge in [-0.2, -0.15) is 0 Å². The minimum absolute atomic E-state index is 0.113. The van der Waals surface area contributed by atoms with Crippen LogP contribution in [0.4, 0.5) is 0 Å². The largest absolute Gasteiger partial charge is 0.462 e. The van der Waals surface area contributed by atoms with Gasteiger partial charge in [-0.25, -0.2) is 9.78 Å². The molecule has 2 heterocycles. The van der Waals surface area contributed by atoms with Crippen LogP contribution in [-0.2, 0) is 29.6 Å². The fraction of sp³-hybridized carbons (Fsp3) is 0.741. The van der Waals surface area contributed by atoms with Crippen LogP contribution >= 0.6 is 0 Å². The molecule has 198 valence electrons. The van der Waals surface area contributed by atoms with E-state index in [1.54, 1.807) is 6.07 Å². The molecule has 3 N–H and O–H groups in total. The van der Waals surface area contributed by atoms with Crippen LogP contribution in [0.1, 0.15) is 63.9 Å². The normalized spacial score (nSPS) is 47.9. The van der Waals surface area contributed by atoms with Gasteiger partial charge in [0.25, 0.3) is 6.47 Å². The summed E-state index contributed by atoms with van der Waals surface area (Å²) in [5.41, 5.74) is -0.0917. The fourth-order valence-corrected chi connectivity index (χ4v) is 8.06. The third-order valence-electron chi connectivity index (χ3n) is 9.74. The predicted molar refractivity (Wildman–Crippen MR) is 124 cm³/mol. The van der Waals surface area contributed by atoms with Gasteiger partial charge in [0.05, 0.1) is 0 Å². The molecule has 0 amide bonds.